The van der Waals surface area contributed by atoms with E-state index in [1.165, 1.54) is 0 Å². The molecule has 0 amide bonds. The summed E-state index contributed by atoms with van der Waals surface area (Å²) in [5, 5.41) is 4.79. The number of hydrogen-bond donors (Lipinski definition) is 1. The summed E-state index contributed by atoms with van der Waals surface area (Å²) < 4.78 is 6.91. The molecule has 2 heterocycles. The van der Waals surface area contributed by atoms with Crippen LogP contribution in [0.3, 0.4) is 0 Å². The van der Waals surface area contributed by atoms with E-state index in [2.05, 4.69) is 42.9 Å². The van der Waals surface area contributed by atoms with E-state index in [-0.39, 0.29) is 0 Å². The first-order chi connectivity index (χ1) is 13.2. The van der Waals surface area contributed by atoms with E-state index in [0.29, 0.717) is 17.4 Å². The number of ether oxygens (including phenoxy) is 1. The van der Waals surface area contributed by atoms with E-state index in [0.717, 1.165) is 31.5 Å². The molecule has 0 saturated heterocycles. The first-order valence-electron chi connectivity index (χ1n) is 8.17. The van der Waals surface area contributed by atoms with Crippen molar-refractivity contribution in [1.29, 1.82) is 0 Å². The van der Waals surface area contributed by atoms with Crippen molar-refractivity contribution in [3.05, 3.63) is 81.4 Å². The highest BCUT2D eigenvalue weighted by Crippen LogP contribution is 2.31. The fourth-order valence-electron chi connectivity index (χ4n) is 2.61. The smallest absolute Gasteiger partial charge is 0.141 e. The molecule has 0 aliphatic carbocycles. The van der Waals surface area contributed by atoms with Crippen molar-refractivity contribution in [2.45, 2.75) is 6.61 Å². The number of hydrogen-bond acceptors (Lipinski definition) is 5. The second-order valence-electron chi connectivity index (χ2n) is 5.80. The highest BCUT2D eigenvalue weighted by molar-refractivity contribution is 14.1. The Hall–Kier alpha value is -2.45. The second kappa shape index (κ2) is 8.06. The lowest BCUT2D eigenvalue weighted by atomic mass is 10.2. The molecule has 7 heteroatoms. The van der Waals surface area contributed by atoms with Gasteiger partial charge in [0.2, 0.25) is 0 Å². The van der Waals surface area contributed by atoms with Crippen LogP contribution >= 0.6 is 34.2 Å². The van der Waals surface area contributed by atoms with E-state index in [4.69, 9.17) is 16.3 Å². The van der Waals surface area contributed by atoms with Crippen LogP contribution in [0.4, 0.5) is 11.5 Å². The number of pyridine rings is 1. The SMILES string of the molecule is Clc1cc(Nc2ncnc3ccc(I)cc23)ccc1OCc1cccnc1. The fourth-order valence-corrected chi connectivity index (χ4v) is 3.33. The predicted octanol–water partition coefficient (Wildman–Crippen LogP) is 5.61. The van der Waals surface area contributed by atoms with Crippen LogP contribution in [0.1, 0.15) is 5.56 Å². The molecule has 4 rings (SSSR count). The Morgan fingerprint density at radius 3 is 2.81 bits per heavy atom. The number of fused-ring (bicyclic) bond motifs is 1. The van der Waals surface area contributed by atoms with Gasteiger partial charge in [0.25, 0.3) is 0 Å². The minimum absolute atomic E-state index is 0.412. The number of nitrogens with one attached hydrogen (secondary N) is 1. The van der Waals surface area contributed by atoms with Gasteiger partial charge in [-0.1, -0.05) is 17.7 Å². The number of aromatic nitrogens is 3. The highest BCUT2D eigenvalue weighted by Gasteiger charge is 2.08. The molecule has 0 radical (unpaired) electrons. The lowest BCUT2D eigenvalue weighted by Gasteiger charge is -2.12. The van der Waals surface area contributed by atoms with Gasteiger partial charge in [-0.25, -0.2) is 9.97 Å². The van der Waals surface area contributed by atoms with Gasteiger partial charge >= 0.3 is 0 Å². The summed E-state index contributed by atoms with van der Waals surface area (Å²) in [7, 11) is 0. The number of nitrogens with zero attached hydrogens (tertiary/aromatic N) is 3. The Morgan fingerprint density at radius 2 is 2.00 bits per heavy atom. The molecular weight excluding hydrogens is 475 g/mol. The number of benzene rings is 2. The summed E-state index contributed by atoms with van der Waals surface area (Å²) in [5.41, 5.74) is 2.70. The van der Waals surface area contributed by atoms with Crippen LogP contribution in [0.2, 0.25) is 5.02 Å². The third kappa shape index (κ3) is 4.28. The normalized spacial score (nSPS) is 10.7. The van der Waals surface area contributed by atoms with E-state index in [1.54, 1.807) is 18.7 Å². The Morgan fingerprint density at radius 1 is 1.07 bits per heavy atom. The highest BCUT2D eigenvalue weighted by atomic mass is 127. The molecule has 5 nitrogen and oxygen atoms in total. The van der Waals surface area contributed by atoms with Gasteiger partial charge in [-0.05, 0) is 65.1 Å². The molecule has 0 spiro atoms. The van der Waals surface area contributed by atoms with Crippen LogP contribution in [0, 0.1) is 3.57 Å². The van der Waals surface area contributed by atoms with Crippen LogP contribution in [-0.4, -0.2) is 15.0 Å². The minimum atomic E-state index is 0.412. The molecule has 0 atom stereocenters. The zero-order valence-electron chi connectivity index (χ0n) is 14.1. The maximum Gasteiger partial charge on any atom is 0.141 e. The van der Waals surface area contributed by atoms with Crippen molar-refractivity contribution in [1.82, 2.24) is 15.0 Å². The van der Waals surface area contributed by atoms with Gasteiger partial charge < -0.3 is 10.1 Å². The topological polar surface area (TPSA) is 59.9 Å². The standard InChI is InChI=1S/C20H14ClIN4O/c21-17-9-15(4-6-19(17)27-11-13-2-1-7-23-10-13)26-20-16-8-14(22)3-5-18(16)24-12-25-20/h1-10,12H,11H2,(H,24,25,26). The van der Waals surface area contributed by atoms with Crippen LogP contribution in [-0.2, 0) is 6.61 Å². The van der Waals surface area contributed by atoms with Gasteiger partial charge in [-0.15, -0.1) is 0 Å². The molecule has 0 unspecified atom stereocenters. The van der Waals surface area contributed by atoms with Crippen molar-refractivity contribution in [2.24, 2.45) is 0 Å². The van der Waals surface area contributed by atoms with E-state index in [9.17, 15) is 0 Å². The molecule has 27 heavy (non-hydrogen) atoms. The average molecular weight is 489 g/mol. The van der Waals surface area contributed by atoms with Crippen molar-refractivity contribution in [3.8, 4) is 5.75 Å². The third-order valence-electron chi connectivity index (χ3n) is 3.91. The van der Waals surface area contributed by atoms with Crippen LogP contribution in [0.15, 0.2) is 67.3 Å². The Labute approximate surface area is 174 Å². The molecule has 4 aromatic rings. The van der Waals surface area contributed by atoms with Crippen LogP contribution in [0.5, 0.6) is 5.75 Å². The first kappa shape index (κ1) is 17.9. The van der Waals surface area contributed by atoms with Crippen LogP contribution in [0.25, 0.3) is 10.9 Å². The number of rotatable bonds is 5. The molecule has 134 valence electrons. The summed E-state index contributed by atoms with van der Waals surface area (Å²) >= 11 is 8.66. The maximum absolute atomic E-state index is 6.39. The van der Waals surface area contributed by atoms with Crippen LogP contribution < -0.4 is 10.1 Å². The largest absolute Gasteiger partial charge is 0.487 e. The van der Waals surface area contributed by atoms with Crippen molar-refractivity contribution in [3.63, 3.8) is 0 Å². The molecule has 1 N–H and O–H groups in total. The van der Waals surface area contributed by atoms with Gasteiger partial charge in [0.05, 0.1) is 10.5 Å². The van der Waals surface area contributed by atoms with Crippen molar-refractivity contribution in [2.75, 3.05) is 5.32 Å². The zero-order chi connectivity index (χ0) is 18.6. The first-order valence-corrected chi connectivity index (χ1v) is 9.63. The molecule has 2 aromatic carbocycles. The van der Waals surface area contributed by atoms with Gasteiger partial charge in [0.1, 0.15) is 24.5 Å². The van der Waals surface area contributed by atoms with Gasteiger partial charge in [-0.2, -0.15) is 0 Å². The van der Waals surface area contributed by atoms with Gasteiger partial charge in [0.15, 0.2) is 0 Å². The Balaban J connectivity index is 1.54. The fraction of sp³-hybridized carbons (Fsp3) is 0.0500. The molecule has 2 aromatic heterocycles. The molecule has 0 fully saturated rings. The van der Waals surface area contributed by atoms with Gasteiger partial charge in [0, 0.05) is 32.6 Å². The average Bonchev–Trinajstić information content (AvgIpc) is 2.69. The predicted molar refractivity (Wildman–Crippen MR) is 116 cm³/mol. The summed E-state index contributed by atoms with van der Waals surface area (Å²) in [6.45, 7) is 0.412. The lowest BCUT2D eigenvalue weighted by molar-refractivity contribution is 0.306. The molecule has 0 aliphatic heterocycles. The summed E-state index contributed by atoms with van der Waals surface area (Å²) in [4.78, 5) is 12.7. The molecule has 0 saturated carbocycles. The zero-order valence-corrected chi connectivity index (χ0v) is 17.0. The van der Waals surface area contributed by atoms with Crippen molar-refractivity contribution >= 4 is 56.6 Å². The number of halogens is 2. The Kier molecular flexibility index (Phi) is 5.35. The molecular formula is C20H14ClIN4O. The Bertz CT molecular complexity index is 1090. The third-order valence-corrected chi connectivity index (χ3v) is 4.88. The van der Waals surface area contributed by atoms with E-state index >= 15 is 0 Å². The minimum Gasteiger partial charge on any atom is -0.487 e. The van der Waals surface area contributed by atoms with E-state index in [1.807, 2.05) is 48.5 Å². The summed E-state index contributed by atoms with van der Waals surface area (Å²) in [6, 6.07) is 15.4. The molecule has 0 aliphatic rings. The molecule has 0 bridgehead atoms. The van der Waals surface area contributed by atoms with Crippen molar-refractivity contribution < 1.29 is 4.74 Å². The monoisotopic (exact) mass is 488 g/mol. The summed E-state index contributed by atoms with van der Waals surface area (Å²) in [5.74, 6) is 1.35. The quantitative estimate of drug-likeness (QED) is 0.370. The van der Waals surface area contributed by atoms with E-state index < -0.39 is 0 Å². The second-order valence-corrected chi connectivity index (χ2v) is 7.46. The summed E-state index contributed by atoms with van der Waals surface area (Å²) in [6.07, 6.45) is 5.05. The lowest BCUT2D eigenvalue weighted by Crippen LogP contribution is -1.98. The van der Waals surface area contributed by atoms with Gasteiger partial charge in [-0.3, -0.25) is 4.98 Å². The maximum atomic E-state index is 6.39. The number of anilines is 2.